The zero-order chi connectivity index (χ0) is 19.1. The van der Waals surface area contributed by atoms with Gasteiger partial charge in [0.1, 0.15) is 5.82 Å². The van der Waals surface area contributed by atoms with Gasteiger partial charge in [-0.25, -0.2) is 12.8 Å². The summed E-state index contributed by atoms with van der Waals surface area (Å²) in [7, 11) is -3.87. The molecule has 3 aromatic rings. The molecule has 0 atom stereocenters. The van der Waals surface area contributed by atoms with Crippen molar-refractivity contribution >= 4 is 9.84 Å². The van der Waals surface area contributed by atoms with Gasteiger partial charge in [-0.3, -0.25) is 0 Å². The van der Waals surface area contributed by atoms with Crippen molar-refractivity contribution in [3.8, 4) is 11.1 Å². The fourth-order valence-corrected chi connectivity index (χ4v) is 5.33. The Morgan fingerprint density at radius 1 is 0.815 bits per heavy atom. The minimum Gasteiger partial charge on any atom is -0.385 e. The molecule has 0 spiro atoms. The Kier molecular flexibility index (Phi) is 4.36. The Morgan fingerprint density at radius 3 is 2.04 bits per heavy atom. The minimum absolute atomic E-state index is 0.127. The zero-order valence-corrected chi connectivity index (χ0v) is 15.4. The largest absolute Gasteiger partial charge is 0.385 e. The second kappa shape index (κ2) is 6.59. The number of sulfone groups is 1. The molecular formula is C22H19FO3S. The van der Waals surface area contributed by atoms with Crippen LogP contribution >= 0.6 is 0 Å². The zero-order valence-electron chi connectivity index (χ0n) is 14.6. The molecule has 0 aromatic heterocycles. The van der Waals surface area contributed by atoms with Gasteiger partial charge in [0, 0.05) is 11.1 Å². The molecule has 3 nitrogen and oxygen atoms in total. The van der Waals surface area contributed by atoms with Crippen molar-refractivity contribution in [2.24, 2.45) is 0 Å². The highest BCUT2D eigenvalue weighted by atomic mass is 32.2. The first-order valence-electron chi connectivity index (χ1n) is 8.84. The van der Waals surface area contributed by atoms with Crippen LogP contribution in [0.3, 0.4) is 0 Å². The van der Waals surface area contributed by atoms with E-state index >= 15 is 0 Å². The number of hydrogen-bond donors (Lipinski definition) is 1. The SMILES string of the molecule is O=S(=O)(c1ccccc1-c1ccc(F)cc1)c1ccccc1C1(O)CCC1. The third-order valence-corrected chi connectivity index (χ3v) is 7.06. The molecule has 3 aromatic carbocycles. The van der Waals surface area contributed by atoms with E-state index in [1.165, 1.54) is 12.1 Å². The lowest BCUT2D eigenvalue weighted by atomic mass is 9.75. The summed E-state index contributed by atoms with van der Waals surface area (Å²) in [5, 5.41) is 10.8. The predicted octanol–water partition coefficient (Wildman–Crippen LogP) is 4.70. The van der Waals surface area contributed by atoms with Gasteiger partial charge in [0.15, 0.2) is 0 Å². The molecule has 1 saturated carbocycles. The van der Waals surface area contributed by atoms with Crippen molar-refractivity contribution < 1.29 is 17.9 Å². The highest BCUT2D eigenvalue weighted by Gasteiger charge is 2.40. The van der Waals surface area contributed by atoms with E-state index in [4.69, 9.17) is 0 Å². The van der Waals surface area contributed by atoms with E-state index in [1.807, 2.05) is 0 Å². The maximum atomic E-state index is 13.5. The molecule has 0 unspecified atom stereocenters. The summed E-state index contributed by atoms with van der Waals surface area (Å²) in [6, 6.07) is 19.1. The van der Waals surface area contributed by atoms with Crippen LogP contribution < -0.4 is 0 Å². The van der Waals surface area contributed by atoms with E-state index in [1.54, 1.807) is 60.7 Å². The molecule has 1 fully saturated rings. The highest BCUT2D eigenvalue weighted by Crippen LogP contribution is 2.45. The van der Waals surface area contributed by atoms with Gasteiger partial charge in [-0.1, -0.05) is 48.5 Å². The van der Waals surface area contributed by atoms with E-state index in [0.29, 0.717) is 29.5 Å². The van der Waals surface area contributed by atoms with Crippen molar-refractivity contribution in [1.82, 2.24) is 0 Å². The number of halogens is 1. The summed E-state index contributed by atoms with van der Waals surface area (Å²) < 4.78 is 40.3. The predicted molar refractivity (Wildman–Crippen MR) is 101 cm³/mol. The third-order valence-electron chi connectivity index (χ3n) is 5.19. The summed E-state index contributed by atoms with van der Waals surface area (Å²) >= 11 is 0. The molecule has 0 saturated heterocycles. The second-order valence-corrected chi connectivity index (χ2v) is 8.77. The maximum Gasteiger partial charge on any atom is 0.207 e. The van der Waals surface area contributed by atoms with Crippen LogP contribution in [-0.2, 0) is 15.4 Å². The molecule has 138 valence electrons. The summed E-state index contributed by atoms with van der Waals surface area (Å²) in [6.07, 6.45) is 1.98. The van der Waals surface area contributed by atoms with Crippen molar-refractivity contribution in [2.75, 3.05) is 0 Å². The standard InChI is InChI=1S/C22H19FO3S/c23-17-12-10-16(11-13-17)18-6-1-3-8-20(18)27(25,26)21-9-4-2-7-19(21)22(24)14-5-15-22/h1-4,6-13,24H,5,14-15H2. The highest BCUT2D eigenvalue weighted by molar-refractivity contribution is 7.91. The van der Waals surface area contributed by atoms with Gasteiger partial charge in [-0.2, -0.15) is 0 Å². The molecule has 0 bridgehead atoms. The van der Waals surface area contributed by atoms with Crippen LogP contribution in [0.4, 0.5) is 4.39 Å². The van der Waals surface area contributed by atoms with Crippen LogP contribution in [0.1, 0.15) is 24.8 Å². The molecular weight excluding hydrogens is 363 g/mol. The lowest BCUT2D eigenvalue weighted by molar-refractivity contribution is -0.0412. The molecule has 5 heteroatoms. The fourth-order valence-electron chi connectivity index (χ4n) is 3.55. The number of benzene rings is 3. The molecule has 1 aliphatic rings. The van der Waals surface area contributed by atoms with Gasteiger partial charge in [-0.15, -0.1) is 0 Å². The average molecular weight is 382 g/mol. The van der Waals surface area contributed by atoms with Crippen LogP contribution in [0.15, 0.2) is 82.6 Å². The van der Waals surface area contributed by atoms with Crippen molar-refractivity contribution in [3.63, 3.8) is 0 Å². The van der Waals surface area contributed by atoms with Crippen molar-refractivity contribution in [2.45, 2.75) is 34.7 Å². The van der Waals surface area contributed by atoms with Crippen LogP contribution in [0, 0.1) is 5.82 Å². The van der Waals surface area contributed by atoms with Gasteiger partial charge >= 0.3 is 0 Å². The molecule has 4 rings (SSSR count). The molecule has 1 N–H and O–H groups in total. The van der Waals surface area contributed by atoms with Crippen LogP contribution in [0.5, 0.6) is 0 Å². The average Bonchev–Trinajstić information content (AvgIpc) is 2.67. The number of hydrogen-bond acceptors (Lipinski definition) is 3. The van der Waals surface area contributed by atoms with Crippen molar-refractivity contribution in [3.05, 3.63) is 84.2 Å². The minimum atomic E-state index is -3.87. The van der Waals surface area contributed by atoms with Crippen LogP contribution in [0.2, 0.25) is 0 Å². The van der Waals surface area contributed by atoms with E-state index in [2.05, 4.69) is 0 Å². The molecule has 0 amide bonds. The molecule has 27 heavy (non-hydrogen) atoms. The Morgan fingerprint density at radius 2 is 1.41 bits per heavy atom. The number of aliphatic hydroxyl groups is 1. The first kappa shape index (κ1) is 17.9. The summed E-state index contributed by atoms with van der Waals surface area (Å²) in [5.41, 5.74) is 0.488. The van der Waals surface area contributed by atoms with Crippen LogP contribution in [-0.4, -0.2) is 13.5 Å². The van der Waals surface area contributed by atoms with E-state index in [0.717, 1.165) is 6.42 Å². The smallest absolute Gasteiger partial charge is 0.207 e. The van der Waals surface area contributed by atoms with E-state index < -0.39 is 15.4 Å². The molecule has 0 radical (unpaired) electrons. The lowest BCUT2D eigenvalue weighted by Crippen LogP contribution is -2.35. The van der Waals surface area contributed by atoms with Gasteiger partial charge in [-0.05, 0) is 49.1 Å². The van der Waals surface area contributed by atoms with Gasteiger partial charge in [0.25, 0.3) is 0 Å². The maximum absolute atomic E-state index is 13.5. The molecule has 0 heterocycles. The van der Waals surface area contributed by atoms with E-state index in [-0.39, 0.29) is 15.6 Å². The summed E-state index contributed by atoms with van der Waals surface area (Å²) in [6.45, 7) is 0. The summed E-state index contributed by atoms with van der Waals surface area (Å²) in [5.74, 6) is -0.378. The quantitative estimate of drug-likeness (QED) is 0.712. The monoisotopic (exact) mass is 382 g/mol. The normalized spacial score (nSPS) is 15.9. The lowest BCUT2D eigenvalue weighted by Gasteiger charge is -2.38. The van der Waals surface area contributed by atoms with Crippen molar-refractivity contribution in [1.29, 1.82) is 0 Å². The Bertz CT molecular complexity index is 1080. The Balaban J connectivity index is 1.89. The fraction of sp³-hybridized carbons (Fsp3) is 0.182. The van der Waals surface area contributed by atoms with Gasteiger partial charge < -0.3 is 5.11 Å². The van der Waals surface area contributed by atoms with Gasteiger partial charge in [0.2, 0.25) is 9.84 Å². The Hall–Kier alpha value is -2.50. The number of rotatable bonds is 4. The second-order valence-electron chi connectivity index (χ2n) is 6.89. The van der Waals surface area contributed by atoms with Gasteiger partial charge in [0.05, 0.1) is 15.4 Å². The van der Waals surface area contributed by atoms with Crippen LogP contribution in [0.25, 0.3) is 11.1 Å². The first-order valence-corrected chi connectivity index (χ1v) is 10.3. The topological polar surface area (TPSA) is 54.4 Å². The molecule has 0 aliphatic heterocycles. The molecule has 1 aliphatic carbocycles. The third kappa shape index (κ3) is 3.07. The summed E-state index contributed by atoms with van der Waals surface area (Å²) in [4.78, 5) is 0.272. The Labute approximate surface area is 158 Å². The van der Waals surface area contributed by atoms with E-state index in [9.17, 15) is 17.9 Å². The first-order chi connectivity index (χ1) is 12.9.